The molecule has 1 rings (SSSR count). The van der Waals surface area contributed by atoms with Gasteiger partial charge in [-0.3, -0.25) is 4.39 Å². The molecule has 0 aliphatic rings. The fourth-order valence-corrected chi connectivity index (χ4v) is 0.842. The molecule has 4 N–H and O–H groups in total. The van der Waals surface area contributed by atoms with Crippen LogP contribution in [0.25, 0.3) is 0 Å². The number of hydrogen-bond donors (Lipinski definition) is 2. The Balaban J connectivity index is 3.04. The van der Waals surface area contributed by atoms with Crippen molar-refractivity contribution in [1.29, 1.82) is 0 Å². The summed E-state index contributed by atoms with van der Waals surface area (Å²) in [5, 5.41) is 0. The number of halogens is 3. The first kappa shape index (κ1) is 10.5. The summed E-state index contributed by atoms with van der Waals surface area (Å²) >= 11 is 0. The average Bonchev–Trinajstić information content (AvgIpc) is 2.02. The van der Waals surface area contributed by atoms with Crippen LogP contribution in [-0.4, -0.2) is 28.1 Å². The van der Waals surface area contributed by atoms with Crippen molar-refractivity contribution in [1.82, 2.24) is 15.0 Å². The van der Waals surface area contributed by atoms with Gasteiger partial charge in [-0.15, -0.1) is 0 Å². The number of hydrogen-bond acceptors (Lipinski definition) is 5. The highest BCUT2D eigenvalue weighted by Crippen LogP contribution is 2.21. The van der Waals surface area contributed by atoms with Crippen molar-refractivity contribution in [3.63, 3.8) is 0 Å². The van der Waals surface area contributed by atoms with Gasteiger partial charge in [0.05, 0.1) is 0 Å². The first-order valence-corrected chi connectivity index (χ1v) is 3.65. The molecule has 1 aromatic heterocycles. The fraction of sp³-hybridized carbons (Fsp3) is 0.500. The van der Waals surface area contributed by atoms with Gasteiger partial charge in [0.2, 0.25) is 11.9 Å². The van der Waals surface area contributed by atoms with Gasteiger partial charge in [-0.2, -0.15) is 15.0 Å². The van der Waals surface area contributed by atoms with E-state index in [1.807, 2.05) is 0 Å². The van der Waals surface area contributed by atoms with E-state index in [1.165, 1.54) is 0 Å². The summed E-state index contributed by atoms with van der Waals surface area (Å²) in [4.78, 5) is 10.1. The highest BCUT2D eigenvalue weighted by atomic mass is 19.3. The van der Waals surface area contributed by atoms with Crippen molar-refractivity contribution in [2.75, 3.05) is 18.1 Å². The maximum Gasteiger partial charge on any atom is 0.251 e. The Labute approximate surface area is 77.4 Å². The van der Waals surface area contributed by atoms with Crippen LogP contribution in [0.4, 0.5) is 25.1 Å². The third-order valence-electron chi connectivity index (χ3n) is 1.49. The second kappa shape index (κ2) is 4.07. The molecular formula is C6H8F3N5. The number of nitrogens with two attached hydrogens (primary N) is 2. The molecule has 14 heavy (non-hydrogen) atoms. The first-order valence-electron chi connectivity index (χ1n) is 3.65. The van der Waals surface area contributed by atoms with Gasteiger partial charge in [0.25, 0.3) is 6.43 Å². The van der Waals surface area contributed by atoms with E-state index in [0.29, 0.717) is 0 Å². The van der Waals surface area contributed by atoms with Crippen molar-refractivity contribution in [3.8, 4) is 0 Å². The average molecular weight is 207 g/mol. The van der Waals surface area contributed by atoms with Crippen molar-refractivity contribution in [3.05, 3.63) is 5.82 Å². The smallest absolute Gasteiger partial charge is 0.251 e. The van der Waals surface area contributed by atoms with Crippen LogP contribution in [0, 0.1) is 0 Å². The largest absolute Gasteiger partial charge is 0.368 e. The Morgan fingerprint density at radius 2 is 1.57 bits per heavy atom. The van der Waals surface area contributed by atoms with Crippen LogP contribution in [0.1, 0.15) is 11.7 Å². The lowest BCUT2D eigenvalue weighted by Gasteiger charge is -2.10. The summed E-state index contributed by atoms with van der Waals surface area (Å²) in [6.45, 7) is -1.28. The fourth-order valence-electron chi connectivity index (χ4n) is 0.842. The molecule has 0 aliphatic heterocycles. The van der Waals surface area contributed by atoms with Crippen LogP contribution in [0.2, 0.25) is 0 Å². The van der Waals surface area contributed by atoms with E-state index in [4.69, 9.17) is 11.5 Å². The van der Waals surface area contributed by atoms with Gasteiger partial charge >= 0.3 is 0 Å². The number of rotatable bonds is 3. The van der Waals surface area contributed by atoms with Crippen LogP contribution >= 0.6 is 0 Å². The zero-order valence-corrected chi connectivity index (χ0v) is 6.99. The lowest BCUT2D eigenvalue weighted by atomic mass is 10.1. The quantitative estimate of drug-likeness (QED) is 0.746. The number of nitrogen functional groups attached to an aromatic ring is 2. The van der Waals surface area contributed by atoms with Gasteiger partial charge in [-0.25, -0.2) is 8.78 Å². The van der Waals surface area contributed by atoms with Crippen LogP contribution in [0.15, 0.2) is 0 Å². The molecule has 0 fully saturated rings. The van der Waals surface area contributed by atoms with E-state index in [1.54, 1.807) is 0 Å². The molecule has 8 heteroatoms. The molecule has 0 saturated carbocycles. The van der Waals surface area contributed by atoms with E-state index >= 15 is 0 Å². The minimum absolute atomic E-state index is 0.299. The summed E-state index contributed by atoms with van der Waals surface area (Å²) in [6.07, 6.45) is -2.90. The summed E-state index contributed by atoms with van der Waals surface area (Å²) in [5.41, 5.74) is 10.3. The van der Waals surface area contributed by atoms with Gasteiger partial charge in [-0.1, -0.05) is 0 Å². The molecule has 5 nitrogen and oxygen atoms in total. The summed E-state index contributed by atoms with van der Waals surface area (Å²) in [6, 6.07) is 0. The van der Waals surface area contributed by atoms with E-state index in [2.05, 4.69) is 15.0 Å². The Morgan fingerprint density at radius 3 is 1.93 bits per heavy atom. The predicted octanol–water partition coefficient (Wildman–Crippen LogP) is 0.354. The predicted molar refractivity (Wildman–Crippen MR) is 43.4 cm³/mol. The van der Waals surface area contributed by atoms with Gasteiger partial charge < -0.3 is 11.5 Å². The van der Waals surface area contributed by atoms with Crippen molar-refractivity contribution in [2.24, 2.45) is 0 Å². The van der Waals surface area contributed by atoms with Crippen molar-refractivity contribution >= 4 is 11.9 Å². The summed E-state index contributed by atoms with van der Waals surface area (Å²) in [5.74, 6) is -2.73. The Bertz CT molecular complexity index is 298. The zero-order valence-electron chi connectivity index (χ0n) is 6.99. The van der Waals surface area contributed by atoms with Crippen molar-refractivity contribution in [2.45, 2.75) is 12.3 Å². The monoisotopic (exact) mass is 207 g/mol. The number of alkyl halides is 3. The second-order valence-electron chi connectivity index (χ2n) is 2.51. The number of nitrogens with zero attached hydrogens (tertiary/aromatic N) is 3. The van der Waals surface area contributed by atoms with Crippen LogP contribution < -0.4 is 11.5 Å². The Kier molecular flexibility index (Phi) is 3.05. The molecule has 0 bridgehead atoms. The van der Waals surface area contributed by atoms with Crippen molar-refractivity contribution < 1.29 is 13.2 Å². The number of aromatic nitrogens is 3. The van der Waals surface area contributed by atoms with Gasteiger partial charge in [0.15, 0.2) is 0 Å². The van der Waals surface area contributed by atoms with Crippen LogP contribution in [-0.2, 0) is 0 Å². The van der Waals surface area contributed by atoms with Crippen LogP contribution in [0.3, 0.4) is 0 Å². The standard InChI is InChI=1S/C6H8F3N5/c7-1-2(3(8)9)4-12-5(10)14-6(11)13-4/h2-3H,1H2,(H4,10,11,12,13,14). The van der Waals surface area contributed by atoms with E-state index in [-0.39, 0.29) is 11.9 Å². The second-order valence-corrected chi connectivity index (χ2v) is 2.51. The molecular weight excluding hydrogens is 199 g/mol. The van der Waals surface area contributed by atoms with E-state index in [9.17, 15) is 13.2 Å². The maximum atomic E-state index is 12.2. The molecule has 0 aromatic carbocycles. The summed E-state index contributed by atoms with van der Waals surface area (Å²) in [7, 11) is 0. The first-order chi connectivity index (χ1) is 6.54. The van der Waals surface area contributed by atoms with Gasteiger partial charge in [0.1, 0.15) is 18.4 Å². The highest BCUT2D eigenvalue weighted by molar-refractivity contribution is 5.27. The molecule has 78 valence electrons. The van der Waals surface area contributed by atoms with Gasteiger partial charge in [-0.05, 0) is 0 Å². The third-order valence-corrected chi connectivity index (χ3v) is 1.49. The third kappa shape index (κ3) is 2.21. The molecule has 0 radical (unpaired) electrons. The molecule has 1 aromatic rings. The molecule has 0 amide bonds. The van der Waals surface area contributed by atoms with E-state index < -0.39 is 24.8 Å². The SMILES string of the molecule is Nc1nc(N)nc(C(CF)C(F)F)n1. The molecule has 0 spiro atoms. The van der Waals surface area contributed by atoms with Gasteiger partial charge in [0, 0.05) is 0 Å². The molecule has 1 unspecified atom stereocenters. The number of anilines is 2. The topological polar surface area (TPSA) is 90.7 Å². The zero-order chi connectivity index (χ0) is 10.7. The minimum Gasteiger partial charge on any atom is -0.368 e. The highest BCUT2D eigenvalue weighted by Gasteiger charge is 2.26. The lowest BCUT2D eigenvalue weighted by Crippen LogP contribution is -2.17. The van der Waals surface area contributed by atoms with Crippen LogP contribution in [0.5, 0.6) is 0 Å². The normalized spacial score (nSPS) is 13.1. The Morgan fingerprint density at radius 1 is 1.07 bits per heavy atom. The molecule has 0 saturated heterocycles. The molecule has 0 aliphatic carbocycles. The van der Waals surface area contributed by atoms with E-state index in [0.717, 1.165) is 0 Å². The maximum absolute atomic E-state index is 12.2. The minimum atomic E-state index is -2.90. The lowest BCUT2D eigenvalue weighted by molar-refractivity contribution is 0.0973. The summed E-state index contributed by atoms with van der Waals surface area (Å²) < 4.78 is 36.6. The Hall–Kier alpha value is -1.60. The molecule has 1 atom stereocenters. The molecule has 1 heterocycles.